The molecule has 0 saturated carbocycles. The van der Waals surface area contributed by atoms with Gasteiger partial charge in [-0.15, -0.1) is 0 Å². The van der Waals surface area contributed by atoms with Crippen molar-refractivity contribution in [3.63, 3.8) is 0 Å². The fourth-order valence-electron chi connectivity index (χ4n) is 2.82. The predicted octanol–water partition coefficient (Wildman–Crippen LogP) is 2.83. The lowest BCUT2D eigenvalue weighted by molar-refractivity contribution is -0.122. The molecule has 110 valence electrons. The largest absolute Gasteiger partial charge is 0.472 e. The van der Waals surface area contributed by atoms with Gasteiger partial charge in [-0.2, -0.15) is 0 Å². The maximum absolute atomic E-state index is 12.5. The van der Waals surface area contributed by atoms with Crippen molar-refractivity contribution in [1.82, 2.24) is 4.90 Å². The van der Waals surface area contributed by atoms with E-state index >= 15 is 0 Å². The number of hydrogen-bond acceptors (Lipinski definition) is 3. The van der Waals surface area contributed by atoms with Crippen molar-refractivity contribution >= 4 is 11.6 Å². The summed E-state index contributed by atoms with van der Waals surface area (Å²) in [4.78, 5) is 16.6. The Morgan fingerprint density at radius 3 is 2.81 bits per heavy atom. The first-order chi connectivity index (χ1) is 10.1. The molecule has 1 aliphatic heterocycles. The second-order valence-corrected chi connectivity index (χ2v) is 5.68. The van der Waals surface area contributed by atoms with Crippen LogP contribution in [-0.4, -0.2) is 29.9 Å². The van der Waals surface area contributed by atoms with Crippen molar-refractivity contribution in [2.24, 2.45) is 0 Å². The van der Waals surface area contributed by atoms with Crippen LogP contribution in [0.4, 0.5) is 5.69 Å². The first kappa shape index (κ1) is 13.9. The van der Waals surface area contributed by atoms with E-state index in [0.29, 0.717) is 12.6 Å². The van der Waals surface area contributed by atoms with E-state index in [0.717, 1.165) is 29.9 Å². The molecular formula is C17H20N2O2. The third-order valence-corrected chi connectivity index (χ3v) is 4.08. The number of carbonyl (C=O) groups is 1. The molecule has 1 fully saturated rings. The van der Waals surface area contributed by atoms with Gasteiger partial charge in [-0.1, -0.05) is 18.2 Å². The predicted molar refractivity (Wildman–Crippen MR) is 82.1 cm³/mol. The van der Waals surface area contributed by atoms with Gasteiger partial charge < -0.3 is 9.32 Å². The van der Waals surface area contributed by atoms with Crippen LogP contribution in [-0.2, 0) is 11.3 Å². The van der Waals surface area contributed by atoms with Crippen LogP contribution in [0.1, 0.15) is 18.1 Å². The third kappa shape index (κ3) is 2.85. The number of para-hydroxylation sites is 1. The van der Waals surface area contributed by atoms with Crippen LogP contribution in [0.15, 0.2) is 47.3 Å². The summed E-state index contributed by atoms with van der Waals surface area (Å²) in [5.74, 6) is 0.158. The Morgan fingerprint density at radius 1 is 1.29 bits per heavy atom. The molecule has 1 aromatic carbocycles. The summed E-state index contributed by atoms with van der Waals surface area (Å²) in [6, 6.07) is 10.3. The SMILES string of the molecule is Cc1ccccc1N1CC(C)N(Cc2ccoc2)CC1=O. The number of benzene rings is 1. The molecule has 0 N–H and O–H groups in total. The normalized spacial score (nSPS) is 20.0. The third-order valence-electron chi connectivity index (χ3n) is 4.08. The molecule has 0 spiro atoms. The summed E-state index contributed by atoms with van der Waals surface area (Å²) in [6.45, 7) is 6.14. The number of amides is 1. The number of anilines is 1. The van der Waals surface area contributed by atoms with Gasteiger partial charge in [0, 0.05) is 30.4 Å². The zero-order valence-electron chi connectivity index (χ0n) is 12.5. The minimum atomic E-state index is 0.158. The molecule has 4 heteroatoms. The maximum atomic E-state index is 12.5. The Balaban J connectivity index is 1.75. The van der Waals surface area contributed by atoms with Crippen molar-refractivity contribution in [1.29, 1.82) is 0 Å². The summed E-state index contributed by atoms with van der Waals surface area (Å²) in [5.41, 5.74) is 3.28. The van der Waals surface area contributed by atoms with Gasteiger partial charge in [-0.3, -0.25) is 9.69 Å². The first-order valence-corrected chi connectivity index (χ1v) is 7.26. The minimum Gasteiger partial charge on any atom is -0.472 e. The van der Waals surface area contributed by atoms with Crippen LogP contribution in [0.5, 0.6) is 0 Å². The summed E-state index contributed by atoms with van der Waals surface area (Å²) < 4.78 is 5.10. The number of nitrogens with zero attached hydrogens (tertiary/aromatic N) is 2. The van der Waals surface area contributed by atoms with Gasteiger partial charge in [-0.05, 0) is 31.5 Å². The lowest BCUT2D eigenvalue weighted by atomic mass is 10.1. The van der Waals surface area contributed by atoms with Gasteiger partial charge in [0.1, 0.15) is 0 Å². The zero-order valence-corrected chi connectivity index (χ0v) is 12.5. The van der Waals surface area contributed by atoms with Crippen LogP contribution in [0.2, 0.25) is 0 Å². The molecule has 0 aliphatic carbocycles. The molecule has 3 rings (SSSR count). The van der Waals surface area contributed by atoms with E-state index in [2.05, 4.69) is 11.8 Å². The van der Waals surface area contributed by atoms with Gasteiger partial charge in [0.05, 0.1) is 19.1 Å². The van der Waals surface area contributed by atoms with E-state index in [-0.39, 0.29) is 5.91 Å². The first-order valence-electron chi connectivity index (χ1n) is 7.26. The highest BCUT2D eigenvalue weighted by atomic mass is 16.3. The smallest absolute Gasteiger partial charge is 0.241 e. The average Bonchev–Trinajstić information content (AvgIpc) is 2.96. The summed E-state index contributed by atoms with van der Waals surface area (Å²) >= 11 is 0. The van der Waals surface area contributed by atoms with Crippen LogP contribution < -0.4 is 4.90 Å². The lowest BCUT2D eigenvalue weighted by Gasteiger charge is -2.39. The Hall–Kier alpha value is -2.07. The molecule has 1 aliphatic rings. The van der Waals surface area contributed by atoms with Crippen LogP contribution in [0.3, 0.4) is 0 Å². The van der Waals surface area contributed by atoms with Gasteiger partial charge >= 0.3 is 0 Å². The monoisotopic (exact) mass is 284 g/mol. The molecule has 2 aromatic rings. The number of carbonyl (C=O) groups excluding carboxylic acids is 1. The molecule has 1 unspecified atom stereocenters. The second-order valence-electron chi connectivity index (χ2n) is 5.68. The topological polar surface area (TPSA) is 36.7 Å². The van der Waals surface area contributed by atoms with Crippen molar-refractivity contribution in [3.05, 3.63) is 54.0 Å². The van der Waals surface area contributed by atoms with Crippen LogP contribution >= 0.6 is 0 Å². The van der Waals surface area contributed by atoms with E-state index in [4.69, 9.17) is 4.42 Å². The van der Waals surface area contributed by atoms with Gasteiger partial charge in [0.15, 0.2) is 0 Å². The van der Waals surface area contributed by atoms with Crippen molar-refractivity contribution in [3.8, 4) is 0 Å². The Kier molecular flexibility index (Phi) is 3.80. The van der Waals surface area contributed by atoms with Crippen molar-refractivity contribution < 1.29 is 9.21 Å². The summed E-state index contributed by atoms with van der Waals surface area (Å²) in [7, 11) is 0. The molecule has 21 heavy (non-hydrogen) atoms. The van der Waals surface area contributed by atoms with Gasteiger partial charge in [0.2, 0.25) is 5.91 Å². The zero-order chi connectivity index (χ0) is 14.8. The molecule has 1 atom stereocenters. The molecule has 1 aromatic heterocycles. The van der Waals surface area contributed by atoms with Crippen molar-refractivity contribution in [2.45, 2.75) is 26.4 Å². The van der Waals surface area contributed by atoms with Crippen molar-refractivity contribution in [2.75, 3.05) is 18.0 Å². The van der Waals surface area contributed by atoms with Crippen LogP contribution in [0, 0.1) is 6.92 Å². The molecule has 1 amide bonds. The van der Waals surface area contributed by atoms with E-state index in [1.165, 1.54) is 0 Å². The number of hydrogen-bond donors (Lipinski definition) is 0. The maximum Gasteiger partial charge on any atom is 0.241 e. The molecule has 0 radical (unpaired) electrons. The molecule has 0 bridgehead atoms. The van der Waals surface area contributed by atoms with Gasteiger partial charge in [-0.25, -0.2) is 0 Å². The molecule has 2 heterocycles. The fraction of sp³-hybridized carbons (Fsp3) is 0.353. The Labute approximate surface area is 125 Å². The van der Waals surface area contributed by atoms with E-state index in [1.807, 2.05) is 42.2 Å². The van der Waals surface area contributed by atoms with E-state index < -0.39 is 0 Å². The van der Waals surface area contributed by atoms with E-state index in [1.54, 1.807) is 12.5 Å². The summed E-state index contributed by atoms with van der Waals surface area (Å²) in [6.07, 6.45) is 3.41. The number of aryl methyl sites for hydroxylation is 1. The Bertz CT molecular complexity index is 621. The molecular weight excluding hydrogens is 264 g/mol. The van der Waals surface area contributed by atoms with Gasteiger partial charge in [0.25, 0.3) is 0 Å². The highest BCUT2D eigenvalue weighted by Gasteiger charge is 2.30. The number of piperazine rings is 1. The summed E-state index contributed by atoms with van der Waals surface area (Å²) in [5, 5.41) is 0. The molecule has 1 saturated heterocycles. The Morgan fingerprint density at radius 2 is 2.10 bits per heavy atom. The van der Waals surface area contributed by atoms with E-state index in [9.17, 15) is 4.79 Å². The standard InChI is InChI=1S/C17H20N2O2/c1-13-5-3-4-6-16(13)19-9-14(2)18(11-17(19)20)10-15-7-8-21-12-15/h3-8,12,14H,9-11H2,1-2H3. The quantitative estimate of drug-likeness (QED) is 0.869. The molecule has 4 nitrogen and oxygen atoms in total. The second kappa shape index (κ2) is 5.74. The highest BCUT2D eigenvalue weighted by molar-refractivity contribution is 5.96. The lowest BCUT2D eigenvalue weighted by Crippen LogP contribution is -2.55. The minimum absolute atomic E-state index is 0.158. The fourth-order valence-corrected chi connectivity index (χ4v) is 2.82. The highest BCUT2D eigenvalue weighted by Crippen LogP contribution is 2.24. The van der Waals surface area contributed by atoms with Crippen LogP contribution in [0.25, 0.3) is 0 Å². The average molecular weight is 284 g/mol. The number of furan rings is 1. The number of rotatable bonds is 3.